The number of hydrogen-bond donors (Lipinski definition) is 0. The fourth-order valence-corrected chi connectivity index (χ4v) is 2.59. The molecular formula is C15H30O2. The Hall–Kier alpha value is -0.0800. The van der Waals surface area contributed by atoms with Gasteiger partial charge in [-0.15, -0.1) is 0 Å². The largest absolute Gasteiger partial charge is 0.382 e. The maximum Gasteiger partial charge on any atom is 0.0704 e. The number of hydrogen-bond acceptors (Lipinski definition) is 2. The minimum atomic E-state index is 0.490. The van der Waals surface area contributed by atoms with E-state index in [0.29, 0.717) is 6.10 Å². The number of methoxy groups -OCH3 is 1. The van der Waals surface area contributed by atoms with Crippen LogP contribution in [-0.2, 0) is 9.47 Å². The summed E-state index contributed by atoms with van der Waals surface area (Å²) in [6.07, 6.45) is 15.6. The lowest BCUT2D eigenvalue weighted by Crippen LogP contribution is -2.16. The van der Waals surface area contributed by atoms with Crippen LogP contribution in [0.5, 0.6) is 0 Å². The Bertz CT molecular complexity index is 147. The molecule has 0 spiro atoms. The summed E-state index contributed by atoms with van der Waals surface area (Å²) in [6.45, 7) is 1.50. The molecule has 0 bridgehead atoms. The molecule has 1 fully saturated rings. The second-order valence-corrected chi connectivity index (χ2v) is 5.24. The molecular weight excluding hydrogens is 212 g/mol. The van der Waals surface area contributed by atoms with Crippen molar-refractivity contribution in [1.82, 2.24) is 0 Å². The summed E-state index contributed by atoms with van der Waals surface area (Å²) in [5.41, 5.74) is 0. The standard InChI is InChI=1S/C15H30O2/c1-16-13-14-17-15-11-9-7-5-3-2-4-6-8-10-12-15/h15H,2-14H2,1H3. The zero-order valence-corrected chi connectivity index (χ0v) is 11.6. The van der Waals surface area contributed by atoms with E-state index >= 15 is 0 Å². The topological polar surface area (TPSA) is 18.5 Å². The van der Waals surface area contributed by atoms with Crippen LogP contribution in [-0.4, -0.2) is 26.4 Å². The first-order valence-corrected chi connectivity index (χ1v) is 7.54. The minimum Gasteiger partial charge on any atom is -0.382 e. The molecule has 0 amide bonds. The van der Waals surface area contributed by atoms with Gasteiger partial charge < -0.3 is 9.47 Å². The summed E-state index contributed by atoms with van der Waals surface area (Å²) in [5.74, 6) is 0. The Morgan fingerprint density at radius 1 is 0.706 bits per heavy atom. The second-order valence-electron chi connectivity index (χ2n) is 5.24. The van der Waals surface area contributed by atoms with Crippen LogP contribution in [0.2, 0.25) is 0 Å². The third-order valence-corrected chi connectivity index (χ3v) is 3.69. The molecule has 102 valence electrons. The highest BCUT2D eigenvalue weighted by Crippen LogP contribution is 2.18. The Morgan fingerprint density at radius 2 is 1.18 bits per heavy atom. The van der Waals surface area contributed by atoms with Crippen LogP contribution in [0.1, 0.15) is 70.6 Å². The van der Waals surface area contributed by atoms with Crippen molar-refractivity contribution < 1.29 is 9.47 Å². The van der Waals surface area contributed by atoms with Gasteiger partial charge in [0.2, 0.25) is 0 Å². The van der Waals surface area contributed by atoms with Crippen LogP contribution in [0.4, 0.5) is 0 Å². The summed E-state index contributed by atoms with van der Waals surface area (Å²) >= 11 is 0. The molecule has 0 heterocycles. The van der Waals surface area contributed by atoms with Crippen LogP contribution < -0.4 is 0 Å². The fourth-order valence-electron chi connectivity index (χ4n) is 2.59. The van der Waals surface area contributed by atoms with E-state index < -0.39 is 0 Å². The molecule has 1 aliphatic rings. The van der Waals surface area contributed by atoms with Gasteiger partial charge in [-0.3, -0.25) is 0 Å². The molecule has 0 aliphatic heterocycles. The van der Waals surface area contributed by atoms with Crippen molar-refractivity contribution in [2.45, 2.75) is 76.7 Å². The van der Waals surface area contributed by atoms with E-state index in [-0.39, 0.29) is 0 Å². The van der Waals surface area contributed by atoms with Crippen molar-refractivity contribution in [1.29, 1.82) is 0 Å². The average molecular weight is 242 g/mol. The van der Waals surface area contributed by atoms with Crippen LogP contribution in [0.15, 0.2) is 0 Å². The van der Waals surface area contributed by atoms with Crippen LogP contribution in [0, 0.1) is 0 Å². The van der Waals surface area contributed by atoms with Gasteiger partial charge in [-0.2, -0.15) is 0 Å². The van der Waals surface area contributed by atoms with Crippen molar-refractivity contribution in [2.75, 3.05) is 20.3 Å². The van der Waals surface area contributed by atoms with Gasteiger partial charge in [0, 0.05) is 7.11 Å². The van der Waals surface area contributed by atoms with E-state index in [4.69, 9.17) is 9.47 Å². The number of ether oxygens (including phenoxy) is 2. The molecule has 2 heteroatoms. The Labute approximate surface area is 107 Å². The maximum atomic E-state index is 5.90. The summed E-state index contributed by atoms with van der Waals surface area (Å²) in [5, 5.41) is 0. The van der Waals surface area contributed by atoms with Gasteiger partial charge in [0.1, 0.15) is 0 Å². The predicted octanol–water partition coefficient (Wildman–Crippen LogP) is 4.32. The van der Waals surface area contributed by atoms with Gasteiger partial charge in [0.05, 0.1) is 19.3 Å². The minimum absolute atomic E-state index is 0.490. The van der Waals surface area contributed by atoms with Gasteiger partial charge >= 0.3 is 0 Å². The van der Waals surface area contributed by atoms with Crippen molar-refractivity contribution in [3.8, 4) is 0 Å². The summed E-state index contributed by atoms with van der Waals surface area (Å²) in [7, 11) is 1.74. The van der Waals surface area contributed by atoms with Crippen molar-refractivity contribution in [3.05, 3.63) is 0 Å². The summed E-state index contributed by atoms with van der Waals surface area (Å²) in [6, 6.07) is 0. The summed E-state index contributed by atoms with van der Waals surface area (Å²) in [4.78, 5) is 0. The van der Waals surface area contributed by atoms with Crippen LogP contribution >= 0.6 is 0 Å². The molecule has 1 aliphatic carbocycles. The third kappa shape index (κ3) is 8.62. The Balaban J connectivity index is 2.17. The van der Waals surface area contributed by atoms with Gasteiger partial charge in [-0.25, -0.2) is 0 Å². The lowest BCUT2D eigenvalue weighted by molar-refractivity contribution is 0.00670. The SMILES string of the molecule is COCCOC1CCCCCCCCCCC1. The van der Waals surface area contributed by atoms with E-state index in [2.05, 4.69) is 0 Å². The van der Waals surface area contributed by atoms with Crippen molar-refractivity contribution >= 4 is 0 Å². The first kappa shape index (κ1) is 15.0. The van der Waals surface area contributed by atoms with E-state index in [1.807, 2.05) is 0 Å². The second kappa shape index (κ2) is 11.0. The summed E-state index contributed by atoms with van der Waals surface area (Å²) < 4.78 is 10.9. The van der Waals surface area contributed by atoms with Crippen molar-refractivity contribution in [3.63, 3.8) is 0 Å². The molecule has 17 heavy (non-hydrogen) atoms. The Kier molecular flexibility index (Phi) is 9.72. The van der Waals surface area contributed by atoms with E-state index in [0.717, 1.165) is 13.2 Å². The highest BCUT2D eigenvalue weighted by Gasteiger charge is 2.09. The molecule has 0 atom stereocenters. The predicted molar refractivity (Wildman–Crippen MR) is 72.4 cm³/mol. The van der Waals surface area contributed by atoms with Gasteiger partial charge in [0.25, 0.3) is 0 Å². The van der Waals surface area contributed by atoms with E-state index in [9.17, 15) is 0 Å². The molecule has 1 saturated carbocycles. The lowest BCUT2D eigenvalue weighted by atomic mass is 9.99. The fraction of sp³-hybridized carbons (Fsp3) is 1.00. The van der Waals surface area contributed by atoms with E-state index in [1.54, 1.807) is 7.11 Å². The molecule has 0 N–H and O–H groups in total. The zero-order valence-electron chi connectivity index (χ0n) is 11.6. The molecule has 0 aromatic carbocycles. The quantitative estimate of drug-likeness (QED) is 0.683. The smallest absolute Gasteiger partial charge is 0.0704 e. The van der Waals surface area contributed by atoms with Crippen LogP contribution in [0.25, 0.3) is 0 Å². The lowest BCUT2D eigenvalue weighted by Gasteiger charge is -2.18. The van der Waals surface area contributed by atoms with Gasteiger partial charge in [0.15, 0.2) is 0 Å². The monoisotopic (exact) mass is 242 g/mol. The van der Waals surface area contributed by atoms with Crippen molar-refractivity contribution in [2.24, 2.45) is 0 Å². The molecule has 2 nitrogen and oxygen atoms in total. The molecule has 0 aromatic heterocycles. The van der Waals surface area contributed by atoms with Crippen LogP contribution in [0.3, 0.4) is 0 Å². The molecule has 0 aromatic rings. The molecule has 0 saturated heterocycles. The Morgan fingerprint density at radius 3 is 1.65 bits per heavy atom. The molecule has 0 unspecified atom stereocenters. The first-order chi connectivity index (χ1) is 8.43. The van der Waals surface area contributed by atoms with E-state index in [1.165, 1.54) is 70.6 Å². The number of rotatable bonds is 4. The van der Waals surface area contributed by atoms with Gasteiger partial charge in [-0.05, 0) is 12.8 Å². The normalized spacial score (nSPS) is 21.7. The maximum absolute atomic E-state index is 5.90. The average Bonchev–Trinajstić information content (AvgIpc) is 2.32. The third-order valence-electron chi connectivity index (χ3n) is 3.69. The first-order valence-electron chi connectivity index (χ1n) is 7.54. The van der Waals surface area contributed by atoms with Gasteiger partial charge in [-0.1, -0.05) is 57.8 Å². The zero-order chi connectivity index (χ0) is 12.2. The highest BCUT2D eigenvalue weighted by atomic mass is 16.5. The molecule has 1 rings (SSSR count). The molecule has 0 radical (unpaired) electrons. The highest BCUT2D eigenvalue weighted by molar-refractivity contribution is 4.61.